The van der Waals surface area contributed by atoms with Crippen LogP contribution >= 0.6 is 0 Å². The fourth-order valence-corrected chi connectivity index (χ4v) is 3.58. The summed E-state index contributed by atoms with van der Waals surface area (Å²) in [5.74, 6) is 1.12. The molecule has 0 aromatic carbocycles. The Morgan fingerprint density at radius 1 is 1.12 bits per heavy atom. The molecule has 0 unspecified atom stereocenters. The van der Waals surface area contributed by atoms with Gasteiger partial charge in [0.2, 0.25) is 5.82 Å². The van der Waals surface area contributed by atoms with E-state index in [4.69, 9.17) is 5.73 Å². The zero-order valence-corrected chi connectivity index (χ0v) is 15.8. The van der Waals surface area contributed by atoms with E-state index in [1.54, 1.807) is 0 Å². The summed E-state index contributed by atoms with van der Waals surface area (Å²) in [6, 6.07) is 0.694. The number of piperazine rings is 1. The molecule has 7 heteroatoms. The maximum absolute atomic E-state index is 12.9. The molecule has 1 amide bonds. The van der Waals surface area contributed by atoms with Crippen LogP contribution in [0.15, 0.2) is 0 Å². The van der Waals surface area contributed by atoms with Crippen LogP contribution in [-0.4, -0.2) is 77.0 Å². The van der Waals surface area contributed by atoms with Gasteiger partial charge in [0, 0.05) is 62.6 Å². The van der Waals surface area contributed by atoms with E-state index < -0.39 is 0 Å². The summed E-state index contributed by atoms with van der Waals surface area (Å²) in [7, 11) is 0. The molecule has 3 heterocycles. The van der Waals surface area contributed by atoms with Crippen molar-refractivity contribution in [3.63, 3.8) is 0 Å². The molecule has 138 valence electrons. The Morgan fingerprint density at radius 3 is 2.36 bits per heavy atom. The van der Waals surface area contributed by atoms with Crippen LogP contribution in [-0.2, 0) is 0 Å². The lowest BCUT2D eigenvalue weighted by Gasteiger charge is -2.36. The third kappa shape index (κ3) is 3.77. The molecule has 25 heavy (non-hydrogen) atoms. The van der Waals surface area contributed by atoms with Gasteiger partial charge in [-0.1, -0.05) is 0 Å². The SMILES string of the molecule is Cc1nc(C(=O)N2CCN(C(C)C)CC2)nc(N2CC[C@@H](N)C2)c1C. The molecule has 2 N–H and O–H groups in total. The topological polar surface area (TPSA) is 78.6 Å². The molecule has 7 nitrogen and oxygen atoms in total. The van der Waals surface area contributed by atoms with E-state index in [1.165, 1.54) is 0 Å². The number of aromatic nitrogens is 2. The van der Waals surface area contributed by atoms with Crippen LogP contribution < -0.4 is 10.6 Å². The largest absolute Gasteiger partial charge is 0.355 e. The smallest absolute Gasteiger partial charge is 0.291 e. The molecule has 1 aromatic heterocycles. The van der Waals surface area contributed by atoms with Crippen LogP contribution in [0, 0.1) is 13.8 Å². The van der Waals surface area contributed by atoms with Crippen molar-refractivity contribution in [2.75, 3.05) is 44.2 Å². The summed E-state index contributed by atoms with van der Waals surface area (Å²) in [4.78, 5) is 28.5. The lowest BCUT2D eigenvalue weighted by molar-refractivity contribution is 0.0583. The molecule has 3 rings (SSSR count). The van der Waals surface area contributed by atoms with Crippen LogP contribution in [0.3, 0.4) is 0 Å². The van der Waals surface area contributed by atoms with Gasteiger partial charge >= 0.3 is 0 Å². The maximum Gasteiger partial charge on any atom is 0.291 e. The molecule has 2 aliphatic heterocycles. The van der Waals surface area contributed by atoms with Crippen LogP contribution in [0.1, 0.15) is 42.1 Å². The first-order chi connectivity index (χ1) is 11.9. The van der Waals surface area contributed by atoms with E-state index in [-0.39, 0.29) is 11.9 Å². The Bertz CT molecular complexity index is 639. The van der Waals surface area contributed by atoms with Gasteiger partial charge in [-0.15, -0.1) is 0 Å². The molecule has 0 bridgehead atoms. The number of carbonyl (C=O) groups is 1. The van der Waals surface area contributed by atoms with Gasteiger partial charge in [-0.25, -0.2) is 9.97 Å². The standard InChI is InChI=1S/C18H30N6O/c1-12(2)22-7-9-23(10-8-22)18(25)16-20-14(4)13(3)17(21-16)24-6-5-15(19)11-24/h12,15H,5-11,19H2,1-4H3/t15-/m1/s1. The second kappa shape index (κ2) is 7.25. The number of amides is 1. The van der Waals surface area contributed by atoms with E-state index in [2.05, 4.69) is 33.6 Å². The van der Waals surface area contributed by atoms with Crippen molar-refractivity contribution in [1.82, 2.24) is 19.8 Å². The summed E-state index contributed by atoms with van der Waals surface area (Å²) in [5.41, 5.74) is 7.95. The Labute approximate surface area is 150 Å². The van der Waals surface area contributed by atoms with E-state index in [9.17, 15) is 4.79 Å². The van der Waals surface area contributed by atoms with Crippen LogP contribution in [0.4, 0.5) is 5.82 Å². The van der Waals surface area contributed by atoms with Crippen molar-refractivity contribution < 1.29 is 4.79 Å². The maximum atomic E-state index is 12.9. The summed E-state index contributed by atoms with van der Waals surface area (Å²) in [6.45, 7) is 13.3. The third-order valence-corrected chi connectivity index (χ3v) is 5.41. The lowest BCUT2D eigenvalue weighted by atomic mass is 10.2. The minimum absolute atomic E-state index is 0.0590. The molecular weight excluding hydrogens is 316 g/mol. The Balaban J connectivity index is 1.78. The summed E-state index contributed by atoms with van der Waals surface area (Å²) < 4.78 is 0. The molecule has 0 radical (unpaired) electrons. The number of aryl methyl sites for hydroxylation is 1. The number of nitrogens with zero attached hydrogens (tertiary/aromatic N) is 5. The van der Waals surface area contributed by atoms with Gasteiger partial charge in [-0.3, -0.25) is 9.69 Å². The highest BCUT2D eigenvalue weighted by molar-refractivity contribution is 5.91. The zero-order chi connectivity index (χ0) is 18.1. The third-order valence-electron chi connectivity index (χ3n) is 5.41. The Hall–Kier alpha value is -1.73. The average molecular weight is 346 g/mol. The zero-order valence-electron chi connectivity index (χ0n) is 15.8. The Morgan fingerprint density at radius 2 is 1.80 bits per heavy atom. The van der Waals surface area contributed by atoms with Crippen LogP contribution in [0.5, 0.6) is 0 Å². The van der Waals surface area contributed by atoms with Crippen LogP contribution in [0.25, 0.3) is 0 Å². The van der Waals surface area contributed by atoms with Gasteiger partial charge in [0.05, 0.1) is 0 Å². The molecular formula is C18H30N6O. The summed E-state index contributed by atoms with van der Waals surface area (Å²) in [6.07, 6.45) is 0.961. The van der Waals surface area contributed by atoms with Crippen molar-refractivity contribution in [3.8, 4) is 0 Å². The summed E-state index contributed by atoms with van der Waals surface area (Å²) >= 11 is 0. The average Bonchev–Trinajstić information content (AvgIpc) is 3.02. The molecule has 0 saturated carbocycles. The number of rotatable bonds is 3. The van der Waals surface area contributed by atoms with Crippen molar-refractivity contribution in [2.24, 2.45) is 5.73 Å². The second-order valence-corrected chi connectivity index (χ2v) is 7.50. The van der Waals surface area contributed by atoms with Crippen molar-refractivity contribution >= 4 is 11.7 Å². The molecule has 2 saturated heterocycles. The lowest BCUT2D eigenvalue weighted by Crippen LogP contribution is -2.51. The quantitative estimate of drug-likeness (QED) is 0.872. The van der Waals surface area contributed by atoms with Crippen molar-refractivity contribution in [1.29, 1.82) is 0 Å². The summed E-state index contributed by atoms with van der Waals surface area (Å²) in [5, 5.41) is 0. The number of nitrogens with two attached hydrogens (primary N) is 1. The first kappa shape index (κ1) is 18.1. The number of hydrogen-bond acceptors (Lipinski definition) is 6. The van der Waals surface area contributed by atoms with E-state index >= 15 is 0 Å². The number of hydrogen-bond donors (Lipinski definition) is 1. The fourth-order valence-electron chi connectivity index (χ4n) is 3.58. The van der Waals surface area contributed by atoms with E-state index in [0.29, 0.717) is 11.9 Å². The minimum atomic E-state index is -0.0590. The first-order valence-corrected chi connectivity index (χ1v) is 9.26. The highest BCUT2D eigenvalue weighted by atomic mass is 16.2. The van der Waals surface area contributed by atoms with Gasteiger partial charge in [0.25, 0.3) is 5.91 Å². The van der Waals surface area contributed by atoms with Gasteiger partial charge < -0.3 is 15.5 Å². The fraction of sp³-hybridized carbons (Fsp3) is 0.722. The predicted octanol–water partition coefficient (Wildman–Crippen LogP) is 0.797. The van der Waals surface area contributed by atoms with Crippen molar-refractivity contribution in [3.05, 3.63) is 17.1 Å². The highest BCUT2D eigenvalue weighted by Gasteiger charge is 2.28. The van der Waals surface area contributed by atoms with E-state index in [1.807, 2.05) is 18.7 Å². The van der Waals surface area contributed by atoms with Crippen LogP contribution in [0.2, 0.25) is 0 Å². The highest BCUT2D eigenvalue weighted by Crippen LogP contribution is 2.24. The molecule has 1 atom stereocenters. The van der Waals surface area contributed by atoms with Gasteiger partial charge in [0.1, 0.15) is 5.82 Å². The van der Waals surface area contributed by atoms with Gasteiger partial charge in [-0.2, -0.15) is 0 Å². The first-order valence-electron chi connectivity index (χ1n) is 9.26. The van der Waals surface area contributed by atoms with Gasteiger partial charge in [-0.05, 0) is 34.1 Å². The molecule has 2 fully saturated rings. The second-order valence-electron chi connectivity index (χ2n) is 7.50. The normalized spacial score (nSPS) is 22.1. The molecule has 2 aliphatic rings. The Kier molecular flexibility index (Phi) is 5.24. The van der Waals surface area contributed by atoms with Gasteiger partial charge in [0.15, 0.2) is 0 Å². The minimum Gasteiger partial charge on any atom is -0.355 e. The molecule has 1 aromatic rings. The monoisotopic (exact) mass is 346 g/mol. The molecule has 0 aliphatic carbocycles. The number of anilines is 1. The predicted molar refractivity (Wildman–Crippen MR) is 98.9 cm³/mol. The van der Waals surface area contributed by atoms with Crippen molar-refractivity contribution in [2.45, 2.75) is 46.2 Å². The van der Waals surface area contributed by atoms with E-state index in [0.717, 1.165) is 62.8 Å². The molecule has 0 spiro atoms. The number of carbonyl (C=O) groups excluding carboxylic acids is 1.